The molecule has 1 N–H and O–H groups in total. The van der Waals surface area contributed by atoms with E-state index >= 15 is 0 Å². The second-order valence-electron chi connectivity index (χ2n) is 5.85. The first-order chi connectivity index (χ1) is 8.00. The Kier molecular flexibility index (Phi) is 4.49. The molecule has 0 bridgehead atoms. The van der Waals surface area contributed by atoms with Crippen LogP contribution in [0.2, 0.25) is 0 Å². The van der Waals surface area contributed by atoms with Gasteiger partial charge >= 0.3 is 0 Å². The van der Waals surface area contributed by atoms with Crippen molar-refractivity contribution < 1.29 is 8.42 Å². The smallest absolute Gasteiger partial charge is 0.233 e. The Hall–Kier alpha value is -0.550. The molecule has 1 aromatic carbocycles. The Morgan fingerprint density at radius 1 is 1.17 bits per heavy atom. The van der Waals surface area contributed by atoms with E-state index in [0.717, 1.165) is 15.6 Å². The molecule has 0 atom stereocenters. The van der Waals surface area contributed by atoms with Crippen molar-refractivity contribution in [3.05, 3.63) is 27.7 Å². The lowest BCUT2D eigenvalue weighted by atomic mass is 10.0. The summed E-state index contributed by atoms with van der Waals surface area (Å²) >= 11 is 3.46. The van der Waals surface area contributed by atoms with Gasteiger partial charge in [0.1, 0.15) is 0 Å². The summed E-state index contributed by atoms with van der Waals surface area (Å²) in [7, 11) is -3.30. The van der Waals surface area contributed by atoms with Crippen LogP contribution in [0.5, 0.6) is 0 Å². The lowest BCUT2D eigenvalue weighted by Gasteiger charge is -2.19. The van der Waals surface area contributed by atoms with E-state index in [0.29, 0.717) is 5.69 Å². The predicted molar refractivity (Wildman–Crippen MR) is 80.5 cm³/mol. The Morgan fingerprint density at radius 3 is 2.00 bits per heavy atom. The van der Waals surface area contributed by atoms with Crippen LogP contribution < -0.4 is 4.72 Å². The number of anilines is 1. The number of rotatable bonds is 3. The van der Waals surface area contributed by atoms with Crippen molar-refractivity contribution in [3.8, 4) is 0 Å². The molecular formula is C13H20BrNO2S. The molecule has 0 amide bonds. The summed E-state index contributed by atoms with van der Waals surface area (Å²) in [6.07, 6.45) is 0. The molecule has 1 rings (SSSR count). The van der Waals surface area contributed by atoms with Crippen molar-refractivity contribution in [2.45, 2.75) is 34.6 Å². The molecule has 0 spiro atoms. The van der Waals surface area contributed by atoms with E-state index in [1.165, 1.54) is 0 Å². The third-order valence-corrected chi connectivity index (χ3v) is 5.38. The van der Waals surface area contributed by atoms with Gasteiger partial charge in [0.15, 0.2) is 0 Å². The Bertz CT molecular complexity index is 522. The molecule has 0 fully saturated rings. The van der Waals surface area contributed by atoms with E-state index in [1.807, 2.05) is 46.8 Å². The average Bonchev–Trinajstić information content (AvgIpc) is 2.08. The van der Waals surface area contributed by atoms with Crippen molar-refractivity contribution in [1.82, 2.24) is 0 Å². The molecule has 0 aliphatic heterocycles. The third kappa shape index (κ3) is 4.61. The van der Waals surface area contributed by atoms with Gasteiger partial charge in [0.05, 0.1) is 5.75 Å². The number of hydrogen-bond donors (Lipinski definition) is 1. The second kappa shape index (κ2) is 5.21. The Morgan fingerprint density at radius 2 is 1.61 bits per heavy atom. The van der Waals surface area contributed by atoms with Crippen LogP contribution in [-0.4, -0.2) is 14.2 Å². The Balaban J connectivity index is 2.99. The summed E-state index contributed by atoms with van der Waals surface area (Å²) in [5.41, 5.74) is 2.40. The quantitative estimate of drug-likeness (QED) is 0.912. The van der Waals surface area contributed by atoms with Gasteiger partial charge < -0.3 is 0 Å². The molecule has 3 nitrogen and oxygen atoms in total. The summed E-state index contributed by atoms with van der Waals surface area (Å²) < 4.78 is 27.7. The highest BCUT2D eigenvalue weighted by Gasteiger charge is 2.21. The largest absolute Gasteiger partial charge is 0.284 e. The van der Waals surface area contributed by atoms with Crippen LogP contribution in [0, 0.1) is 19.3 Å². The highest BCUT2D eigenvalue weighted by Crippen LogP contribution is 2.26. The van der Waals surface area contributed by atoms with Crippen molar-refractivity contribution in [2.24, 2.45) is 5.41 Å². The van der Waals surface area contributed by atoms with Crippen molar-refractivity contribution in [3.63, 3.8) is 0 Å². The van der Waals surface area contributed by atoms with Crippen molar-refractivity contribution in [1.29, 1.82) is 0 Å². The minimum atomic E-state index is -3.30. The van der Waals surface area contributed by atoms with Crippen LogP contribution in [-0.2, 0) is 10.0 Å². The van der Waals surface area contributed by atoms with E-state index in [9.17, 15) is 8.42 Å². The first-order valence-electron chi connectivity index (χ1n) is 5.77. The first-order valence-corrected chi connectivity index (χ1v) is 8.22. The third-order valence-electron chi connectivity index (χ3n) is 2.33. The fourth-order valence-electron chi connectivity index (χ4n) is 1.79. The van der Waals surface area contributed by atoms with Gasteiger partial charge in [-0.2, -0.15) is 0 Å². The van der Waals surface area contributed by atoms with Gasteiger partial charge in [0, 0.05) is 10.2 Å². The SMILES string of the molecule is Cc1cc(NS(=O)(=O)CC(C)(C)C)cc(C)c1Br. The summed E-state index contributed by atoms with van der Waals surface area (Å²) in [5.74, 6) is 0.105. The summed E-state index contributed by atoms with van der Waals surface area (Å²) in [6, 6.07) is 3.66. The van der Waals surface area contributed by atoms with Crippen molar-refractivity contribution in [2.75, 3.05) is 10.5 Å². The predicted octanol–water partition coefficient (Wildman–Crippen LogP) is 3.85. The molecule has 18 heavy (non-hydrogen) atoms. The minimum Gasteiger partial charge on any atom is -0.284 e. The minimum absolute atomic E-state index is 0.105. The molecule has 0 aliphatic carbocycles. The van der Waals surface area contributed by atoms with Gasteiger partial charge in [-0.15, -0.1) is 0 Å². The van der Waals surface area contributed by atoms with Gasteiger partial charge in [-0.25, -0.2) is 8.42 Å². The molecule has 0 saturated carbocycles. The van der Waals surface area contributed by atoms with E-state index in [4.69, 9.17) is 0 Å². The Labute approximate surface area is 118 Å². The average molecular weight is 334 g/mol. The molecule has 5 heteroatoms. The summed E-state index contributed by atoms with van der Waals surface area (Å²) in [4.78, 5) is 0. The van der Waals surface area contributed by atoms with Crippen LogP contribution in [0.4, 0.5) is 5.69 Å². The van der Waals surface area contributed by atoms with Crippen LogP contribution in [0.1, 0.15) is 31.9 Å². The summed E-state index contributed by atoms with van der Waals surface area (Å²) in [5, 5.41) is 0. The maximum Gasteiger partial charge on any atom is 0.233 e. The lowest BCUT2D eigenvalue weighted by Crippen LogP contribution is -2.26. The number of halogens is 1. The fraction of sp³-hybridized carbons (Fsp3) is 0.538. The number of sulfonamides is 1. The monoisotopic (exact) mass is 333 g/mol. The van der Waals surface area contributed by atoms with Crippen LogP contribution >= 0.6 is 15.9 Å². The zero-order valence-electron chi connectivity index (χ0n) is 11.5. The standard InChI is InChI=1S/C13H20BrNO2S/c1-9-6-11(7-10(2)12(9)14)15-18(16,17)8-13(3,4)5/h6-7,15H,8H2,1-5H3. The highest BCUT2D eigenvalue weighted by atomic mass is 79.9. The van der Waals surface area contributed by atoms with Gasteiger partial charge in [-0.05, 0) is 42.5 Å². The van der Waals surface area contributed by atoms with E-state index in [1.54, 1.807) is 0 Å². The van der Waals surface area contributed by atoms with Gasteiger partial charge in [0.25, 0.3) is 0 Å². The molecule has 0 aromatic heterocycles. The van der Waals surface area contributed by atoms with E-state index in [2.05, 4.69) is 20.7 Å². The number of aryl methyl sites for hydroxylation is 2. The highest BCUT2D eigenvalue weighted by molar-refractivity contribution is 9.10. The molecule has 0 heterocycles. The molecular weight excluding hydrogens is 314 g/mol. The fourth-order valence-corrected chi connectivity index (χ4v) is 3.71. The zero-order chi connectivity index (χ0) is 14.1. The molecule has 1 aromatic rings. The van der Waals surface area contributed by atoms with Crippen LogP contribution in [0.25, 0.3) is 0 Å². The topological polar surface area (TPSA) is 46.2 Å². The molecule has 0 aliphatic rings. The molecule has 102 valence electrons. The number of hydrogen-bond acceptors (Lipinski definition) is 2. The number of benzene rings is 1. The van der Waals surface area contributed by atoms with Gasteiger partial charge in [0.2, 0.25) is 10.0 Å². The maximum absolute atomic E-state index is 12.0. The van der Waals surface area contributed by atoms with Gasteiger partial charge in [-0.1, -0.05) is 36.7 Å². The normalized spacial score (nSPS) is 12.6. The van der Waals surface area contributed by atoms with E-state index < -0.39 is 10.0 Å². The molecule has 0 radical (unpaired) electrons. The summed E-state index contributed by atoms with van der Waals surface area (Å²) in [6.45, 7) is 9.61. The molecule has 0 unspecified atom stereocenters. The zero-order valence-corrected chi connectivity index (χ0v) is 13.9. The first kappa shape index (κ1) is 15.5. The van der Waals surface area contributed by atoms with Crippen molar-refractivity contribution >= 4 is 31.6 Å². The molecule has 0 saturated heterocycles. The van der Waals surface area contributed by atoms with Crippen LogP contribution in [0.15, 0.2) is 16.6 Å². The second-order valence-corrected chi connectivity index (χ2v) is 8.36. The van der Waals surface area contributed by atoms with E-state index in [-0.39, 0.29) is 11.2 Å². The number of nitrogens with one attached hydrogen (secondary N) is 1. The van der Waals surface area contributed by atoms with Crippen LogP contribution in [0.3, 0.4) is 0 Å². The van der Waals surface area contributed by atoms with Gasteiger partial charge in [-0.3, -0.25) is 4.72 Å². The lowest BCUT2D eigenvalue weighted by molar-refractivity contribution is 0.463. The maximum atomic E-state index is 12.0.